The second kappa shape index (κ2) is 9.90. The van der Waals surface area contributed by atoms with E-state index in [2.05, 4.69) is 19.2 Å². The van der Waals surface area contributed by atoms with Crippen molar-refractivity contribution in [1.29, 1.82) is 0 Å². The molecule has 0 spiro atoms. The van der Waals surface area contributed by atoms with Crippen molar-refractivity contribution in [1.82, 2.24) is 5.32 Å². The minimum Gasteiger partial charge on any atom is -0.378 e. The van der Waals surface area contributed by atoms with Crippen molar-refractivity contribution in [2.75, 3.05) is 13.2 Å². The summed E-state index contributed by atoms with van der Waals surface area (Å²) < 4.78 is 5.71. The second-order valence-electron chi connectivity index (χ2n) is 5.36. The Morgan fingerprint density at radius 1 is 1.18 bits per heavy atom. The number of unbranched alkanes of at least 4 members (excludes halogenated alkanes) is 2. The normalized spacial score (nSPS) is 21.9. The Labute approximate surface area is 108 Å². The summed E-state index contributed by atoms with van der Waals surface area (Å²) in [5, 5.41) is 3.70. The summed E-state index contributed by atoms with van der Waals surface area (Å²) in [7, 11) is 0. The van der Waals surface area contributed by atoms with Gasteiger partial charge in [0.2, 0.25) is 0 Å². The molecule has 1 aliphatic heterocycles. The highest BCUT2D eigenvalue weighted by molar-refractivity contribution is 4.72. The Morgan fingerprint density at radius 2 is 2.06 bits per heavy atom. The van der Waals surface area contributed by atoms with Crippen LogP contribution in [-0.4, -0.2) is 25.3 Å². The summed E-state index contributed by atoms with van der Waals surface area (Å²) >= 11 is 0. The zero-order valence-electron chi connectivity index (χ0n) is 11.8. The van der Waals surface area contributed by atoms with Gasteiger partial charge in [0, 0.05) is 12.6 Å². The molecule has 2 atom stereocenters. The summed E-state index contributed by atoms with van der Waals surface area (Å²) in [5.74, 6) is 0. The van der Waals surface area contributed by atoms with Gasteiger partial charge in [0.1, 0.15) is 0 Å². The van der Waals surface area contributed by atoms with Crippen molar-refractivity contribution in [2.24, 2.45) is 0 Å². The predicted molar refractivity (Wildman–Crippen MR) is 74.4 cm³/mol. The summed E-state index contributed by atoms with van der Waals surface area (Å²) in [6.07, 6.45) is 12.3. The third-order valence-electron chi connectivity index (χ3n) is 3.70. The van der Waals surface area contributed by atoms with Crippen molar-refractivity contribution < 1.29 is 4.74 Å². The number of rotatable bonds is 10. The molecule has 2 nitrogen and oxygen atoms in total. The summed E-state index contributed by atoms with van der Waals surface area (Å²) in [6, 6.07) is 0.728. The highest BCUT2D eigenvalue weighted by Crippen LogP contribution is 2.19. The van der Waals surface area contributed by atoms with Crippen molar-refractivity contribution >= 4 is 0 Å². The van der Waals surface area contributed by atoms with Crippen LogP contribution in [0.1, 0.15) is 71.6 Å². The molecule has 1 aliphatic rings. The molecule has 0 radical (unpaired) electrons. The molecule has 2 heteroatoms. The average molecular weight is 241 g/mol. The third-order valence-corrected chi connectivity index (χ3v) is 3.70. The first kappa shape index (κ1) is 15.0. The average Bonchev–Trinajstić information content (AvgIpc) is 2.85. The Bertz CT molecular complexity index is 166. The minimum atomic E-state index is 0.562. The lowest BCUT2D eigenvalue weighted by Gasteiger charge is -2.20. The first-order valence-corrected chi connectivity index (χ1v) is 7.71. The summed E-state index contributed by atoms with van der Waals surface area (Å²) in [6.45, 7) is 6.69. The van der Waals surface area contributed by atoms with E-state index in [1.165, 1.54) is 64.3 Å². The van der Waals surface area contributed by atoms with Gasteiger partial charge in [-0.3, -0.25) is 0 Å². The Balaban J connectivity index is 2.13. The largest absolute Gasteiger partial charge is 0.378 e. The standard InChI is InChI=1S/C15H31NO/c1-3-5-6-8-14(16-12-4-2)10-11-15-9-7-13-17-15/h14-16H,3-13H2,1-2H3. The van der Waals surface area contributed by atoms with E-state index in [-0.39, 0.29) is 0 Å². The van der Waals surface area contributed by atoms with Gasteiger partial charge in [-0.25, -0.2) is 0 Å². The lowest BCUT2D eigenvalue weighted by atomic mass is 10.0. The predicted octanol–water partition coefficient (Wildman–Crippen LogP) is 3.89. The van der Waals surface area contributed by atoms with Crippen molar-refractivity contribution in [2.45, 2.75) is 83.8 Å². The monoisotopic (exact) mass is 241 g/mol. The van der Waals surface area contributed by atoms with E-state index in [0.717, 1.165) is 12.6 Å². The van der Waals surface area contributed by atoms with Crippen molar-refractivity contribution in [3.8, 4) is 0 Å². The Kier molecular flexibility index (Phi) is 8.72. The minimum absolute atomic E-state index is 0.562. The van der Waals surface area contributed by atoms with Gasteiger partial charge >= 0.3 is 0 Å². The molecule has 0 aromatic rings. The first-order valence-electron chi connectivity index (χ1n) is 7.71. The van der Waals surface area contributed by atoms with Crippen molar-refractivity contribution in [3.05, 3.63) is 0 Å². The van der Waals surface area contributed by atoms with Gasteiger partial charge in [-0.2, -0.15) is 0 Å². The van der Waals surface area contributed by atoms with Crippen molar-refractivity contribution in [3.63, 3.8) is 0 Å². The molecule has 1 saturated heterocycles. The summed E-state index contributed by atoms with van der Waals surface area (Å²) in [4.78, 5) is 0. The van der Waals surface area contributed by atoms with Crippen LogP contribution in [0.15, 0.2) is 0 Å². The molecule has 0 aromatic heterocycles. The Morgan fingerprint density at radius 3 is 2.71 bits per heavy atom. The summed E-state index contributed by atoms with van der Waals surface area (Å²) in [5.41, 5.74) is 0. The quantitative estimate of drug-likeness (QED) is 0.586. The molecule has 102 valence electrons. The molecule has 1 N–H and O–H groups in total. The molecular weight excluding hydrogens is 210 g/mol. The van der Waals surface area contributed by atoms with E-state index in [4.69, 9.17) is 4.74 Å². The molecule has 0 saturated carbocycles. The molecule has 1 rings (SSSR count). The lowest BCUT2D eigenvalue weighted by molar-refractivity contribution is 0.0991. The highest BCUT2D eigenvalue weighted by atomic mass is 16.5. The molecule has 0 amide bonds. The zero-order chi connectivity index (χ0) is 12.3. The van der Waals surface area contributed by atoms with E-state index in [0.29, 0.717) is 6.10 Å². The fourth-order valence-corrected chi connectivity index (χ4v) is 2.60. The SMILES string of the molecule is CCCCCC(CCC1CCCO1)NCCC. The van der Waals surface area contributed by atoms with E-state index < -0.39 is 0 Å². The fraction of sp³-hybridized carbons (Fsp3) is 1.00. The first-order chi connectivity index (χ1) is 8.36. The number of nitrogens with one attached hydrogen (secondary N) is 1. The number of hydrogen-bond donors (Lipinski definition) is 1. The van der Waals surface area contributed by atoms with Crippen LogP contribution in [-0.2, 0) is 4.74 Å². The fourth-order valence-electron chi connectivity index (χ4n) is 2.60. The maximum atomic E-state index is 5.71. The van der Waals surface area contributed by atoms with Crippen LogP contribution < -0.4 is 5.32 Å². The molecule has 17 heavy (non-hydrogen) atoms. The van der Waals surface area contributed by atoms with Gasteiger partial charge in [0.05, 0.1) is 6.10 Å². The van der Waals surface area contributed by atoms with Crippen LogP contribution in [0.3, 0.4) is 0 Å². The molecule has 0 bridgehead atoms. The van der Waals surface area contributed by atoms with Gasteiger partial charge in [0.15, 0.2) is 0 Å². The number of ether oxygens (including phenoxy) is 1. The zero-order valence-corrected chi connectivity index (χ0v) is 11.8. The second-order valence-corrected chi connectivity index (χ2v) is 5.36. The topological polar surface area (TPSA) is 21.3 Å². The van der Waals surface area contributed by atoms with Crippen LogP contribution in [0, 0.1) is 0 Å². The third kappa shape index (κ3) is 7.05. The van der Waals surface area contributed by atoms with Crippen LogP contribution in [0.5, 0.6) is 0 Å². The van der Waals surface area contributed by atoms with E-state index in [1.807, 2.05) is 0 Å². The maximum absolute atomic E-state index is 5.71. The molecule has 2 unspecified atom stereocenters. The van der Waals surface area contributed by atoms with Crippen LogP contribution in [0.25, 0.3) is 0 Å². The van der Waals surface area contributed by atoms with Crippen LogP contribution in [0.4, 0.5) is 0 Å². The van der Waals surface area contributed by atoms with Crippen LogP contribution in [0.2, 0.25) is 0 Å². The van der Waals surface area contributed by atoms with Gasteiger partial charge in [0.25, 0.3) is 0 Å². The molecule has 0 aliphatic carbocycles. The van der Waals surface area contributed by atoms with Gasteiger partial charge in [-0.05, 0) is 45.1 Å². The van der Waals surface area contributed by atoms with E-state index in [1.54, 1.807) is 0 Å². The number of hydrogen-bond acceptors (Lipinski definition) is 2. The van der Waals surface area contributed by atoms with Gasteiger partial charge < -0.3 is 10.1 Å². The maximum Gasteiger partial charge on any atom is 0.0576 e. The molecule has 1 fully saturated rings. The van der Waals surface area contributed by atoms with Gasteiger partial charge in [-0.1, -0.05) is 33.1 Å². The molecule has 0 aromatic carbocycles. The highest BCUT2D eigenvalue weighted by Gasteiger charge is 2.17. The van der Waals surface area contributed by atoms with E-state index in [9.17, 15) is 0 Å². The lowest BCUT2D eigenvalue weighted by Crippen LogP contribution is -2.30. The smallest absolute Gasteiger partial charge is 0.0576 e. The van der Waals surface area contributed by atoms with Crippen LogP contribution >= 0.6 is 0 Å². The van der Waals surface area contributed by atoms with E-state index >= 15 is 0 Å². The van der Waals surface area contributed by atoms with Gasteiger partial charge in [-0.15, -0.1) is 0 Å². The Hall–Kier alpha value is -0.0800. The molecular formula is C15H31NO. The molecule has 1 heterocycles.